The molecule has 0 unspecified atom stereocenters. The molecule has 3 aliphatic heterocycles. The van der Waals surface area contributed by atoms with Gasteiger partial charge in [-0.1, -0.05) is 18.2 Å². The average molecular weight is 570 g/mol. The molecule has 4 heterocycles. The summed E-state index contributed by atoms with van der Waals surface area (Å²) in [4.78, 5) is 17.3. The van der Waals surface area contributed by atoms with Crippen LogP contribution in [0, 0.1) is 29.5 Å². The lowest BCUT2D eigenvalue weighted by atomic mass is 9.99. The zero-order chi connectivity index (χ0) is 28.7. The molecule has 9 heteroatoms. The van der Waals surface area contributed by atoms with E-state index in [0.717, 1.165) is 72.7 Å². The Morgan fingerprint density at radius 1 is 1.10 bits per heavy atom. The minimum Gasteiger partial charge on any atom is -0.463 e. The van der Waals surface area contributed by atoms with Gasteiger partial charge in [0, 0.05) is 60.8 Å². The number of aromatic nitrogens is 2. The van der Waals surface area contributed by atoms with Crippen LogP contribution in [-0.2, 0) is 13.0 Å². The van der Waals surface area contributed by atoms with Crippen LogP contribution in [0.3, 0.4) is 0 Å². The van der Waals surface area contributed by atoms with E-state index < -0.39 is 0 Å². The zero-order valence-electron chi connectivity index (χ0n) is 24.5. The molecule has 4 aliphatic rings. The first-order chi connectivity index (χ1) is 20.5. The topological polar surface area (TPSA) is 80.6 Å². The van der Waals surface area contributed by atoms with Crippen molar-refractivity contribution in [2.24, 2.45) is 5.41 Å². The Hall–Kier alpha value is -3.48. The van der Waals surface area contributed by atoms with E-state index in [1.54, 1.807) is 6.07 Å². The van der Waals surface area contributed by atoms with Crippen LogP contribution in [0.1, 0.15) is 48.9 Å². The van der Waals surface area contributed by atoms with Crippen molar-refractivity contribution in [2.45, 2.75) is 58.0 Å². The van der Waals surface area contributed by atoms with Gasteiger partial charge in [-0.3, -0.25) is 0 Å². The molecule has 220 valence electrons. The predicted molar refractivity (Wildman–Crippen MR) is 162 cm³/mol. The smallest absolute Gasteiger partial charge is 0.318 e. The minimum absolute atomic E-state index is 0.113. The number of likely N-dealkylation sites (tertiary alicyclic amines) is 1. The van der Waals surface area contributed by atoms with E-state index in [1.165, 1.54) is 38.8 Å². The molecule has 1 N–H and O–H groups in total. The molecule has 8 nitrogen and oxygen atoms in total. The van der Waals surface area contributed by atoms with Crippen LogP contribution in [0.2, 0.25) is 0 Å². The highest BCUT2D eigenvalue weighted by molar-refractivity contribution is 5.97. The highest BCUT2D eigenvalue weighted by Gasteiger charge is 2.45. The summed E-state index contributed by atoms with van der Waals surface area (Å²) in [5, 5.41) is 14.8. The summed E-state index contributed by atoms with van der Waals surface area (Å²) in [6, 6.07) is 12.5. The molecule has 3 aromatic rings. The van der Waals surface area contributed by atoms with Crippen molar-refractivity contribution in [3.63, 3.8) is 0 Å². The molecule has 0 radical (unpaired) electrons. The van der Waals surface area contributed by atoms with Crippen molar-refractivity contribution in [3.05, 3.63) is 53.0 Å². The summed E-state index contributed by atoms with van der Waals surface area (Å²) in [5.41, 5.74) is 4.08. The van der Waals surface area contributed by atoms with Gasteiger partial charge in [0.05, 0.1) is 31.3 Å². The highest BCUT2D eigenvalue weighted by atomic mass is 19.1. The summed E-state index contributed by atoms with van der Waals surface area (Å²) in [6.45, 7) is 9.79. The maximum atomic E-state index is 14.7. The Morgan fingerprint density at radius 2 is 1.95 bits per heavy atom. The quantitative estimate of drug-likeness (QED) is 0.422. The van der Waals surface area contributed by atoms with Crippen LogP contribution in [-0.4, -0.2) is 73.3 Å². The number of piperazine rings is 1. The number of ether oxygens (including phenoxy) is 1. The predicted octanol–water partition coefficient (Wildman–Crippen LogP) is 4.59. The Labute approximate surface area is 247 Å². The second-order valence-corrected chi connectivity index (χ2v) is 12.7. The van der Waals surface area contributed by atoms with Crippen LogP contribution < -0.4 is 19.9 Å². The van der Waals surface area contributed by atoms with Crippen molar-refractivity contribution in [1.82, 2.24) is 20.2 Å². The van der Waals surface area contributed by atoms with Crippen LogP contribution in [0.5, 0.6) is 6.01 Å². The van der Waals surface area contributed by atoms with Gasteiger partial charge in [0.2, 0.25) is 0 Å². The van der Waals surface area contributed by atoms with Gasteiger partial charge in [-0.2, -0.15) is 15.2 Å². The van der Waals surface area contributed by atoms with Gasteiger partial charge in [0.1, 0.15) is 11.6 Å². The first-order valence-electron chi connectivity index (χ1n) is 15.5. The Balaban J connectivity index is 1.20. The van der Waals surface area contributed by atoms with E-state index in [-0.39, 0.29) is 17.3 Å². The van der Waals surface area contributed by atoms with E-state index in [9.17, 15) is 9.65 Å². The van der Waals surface area contributed by atoms with Gasteiger partial charge >= 0.3 is 6.01 Å². The van der Waals surface area contributed by atoms with Crippen LogP contribution in [0.25, 0.3) is 10.8 Å². The van der Waals surface area contributed by atoms with Crippen LogP contribution >= 0.6 is 0 Å². The Kier molecular flexibility index (Phi) is 7.37. The minimum atomic E-state index is -0.179. The Bertz CT molecular complexity index is 1510. The molecule has 7 rings (SSSR count). The number of aryl methyl sites for hydroxylation is 1. The van der Waals surface area contributed by atoms with Gasteiger partial charge in [-0.05, 0) is 75.2 Å². The van der Waals surface area contributed by atoms with Crippen molar-refractivity contribution in [1.29, 1.82) is 5.26 Å². The van der Waals surface area contributed by atoms with Gasteiger partial charge in [0.25, 0.3) is 0 Å². The van der Waals surface area contributed by atoms with E-state index in [0.29, 0.717) is 31.1 Å². The summed E-state index contributed by atoms with van der Waals surface area (Å²) < 4.78 is 21.1. The van der Waals surface area contributed by atoms with E-state index >= 15 is 0 Å². The number of anilines is 2. The number of nitriles is 1. The first-order valence-corrected chi connectivity index (χ1v) is 15.5. The number of benzene rings is 2. The summed E-state index contributed by atoms with van der Waals surface area (Å²) >= 11 is 0. The molecule has 0 amide bonds. The largest absolute Gasteiger partial charge is 0.463 e. The fraction of sp³-hybridized carbons (Fsp3) is 0.545. The molecule has 0 bridgehead atoms. The summed E-state index contributed by atoms with van der Waals surface area (Å²) in [7, 11) is 0. The van der Waals surface area contributed by atoms with Crippen molar-refractivity contribution >= 4 is 22.3 Å². The molecule has 2 aromatic carbocycles. The van der Waals surface area contributed by atoms with Gasteiger partial charge in [-0.15, -0.1) is 0 Å². The molecule has 0 spiro atoms. The maximum absolute atomic E-state index is 14.7. The molecular formula is C33H40FN7O. The molecule has 1 aromatic heterocycles. The fourth-order valence-electron chi connectivity index (χ4n) is 7.12. The lowest BCUT2D eigenvalue weighted by Crippen LogP contribution is -2.51. The average Bonchev–Trinajstić information content (AvgIpc) is 3.58. The molecule has 42 heavy (non-hydrogen) atoms. The number of hydrogen-bond donors (Lipinski definition) is 1. The monoisotopic (exact) mass is 569 g/mol. The van der Waals surface area contributed by atoms with Crippen molar-refractivity contribution < 1.29 is 9.13 Å². The summed E-state index contributed by atoms with van der Waals surface area (Å²) in [6.07, 6.45) is 6.24. The number of fused-ring (bicyclic) bond motifs is 2. The van der Waals surface area contributed by atoms with Crippen molar-refractivity contribution in [2.75, 3.05) is 62.2 Å². The molecular weight excluding hydrogens is 529 g/mol. The number of nitrogens with one attached hydrogen (secondary N) is 1. The molecule has 1 saturated carbocycles. The number of rotatable bonds is 8. The second kappa shape index (κ2) is 11.3. The SMILES string of the molecule is Cc1c(F)ccc2cccc(N3CCc4c(nc(OCC5(CN6CCCC6)CC5)nc4N4CCN[C@@H](CC#N)C4)C3)c12. The fourth-order valence-corrected chi connectivity index (χ4v) is 7.12. The lowest BCUT2D eigenvalue weighted by Gasteiger charge is -2.37. The zero-order valence-corrected chi connectivity index (χ0v) is 24.5. The van der Waals surface area contributed by atoms with Gasteiger partial charge in [0.15, 0.2) is 0 Å². The van der Waals surface area contributed by atoms with Crippen molar-refractivity contribution in [3.8, 4) is 12.1 Å². The van der Waals surface area contributed by atoms with E-state index in [4.69, 9.17) is 14.7 Å². The second-order valence-electron chi connectivity index (χ2n) is 12.7. The standard InChI is InChI=1S/C33H40FN7O/c1-23-27(34)8-7-24-5-4-6-29(30(23)24)40-17-10-26-28(20-40)37-32(38-31(26)41-18-14-36-25(19-41)9-13-35)42-22-33(11-12-33)21-39-15-2-3-16-39/h4-8,25,36H,2-3,9-12,14-22H2,1H3/t25-/m0/s1. The third kappa shape index (κ3) is 5.38. The molecule has 3 fully saturated rings. The highest BCUT2D eigenvalue weighted by Crippen LogP contribution is 2.47. The molecule has 2 saturated heterocycles. The first kappa shape index (κ1) is 27.4. The third-order valence-corrected chi connectivity index (χ3v) is 9.70. The molecule has 1 atom stereocenters. The lowest BCUT2D eigenvalue weighted by molar-refractivity contribution is 0.169. The number of halogens is 1. The van der Waals surface area contributed by atoms with Gasteiger partial charge in [-0.25, -0.2) is 4.39 Å². The number of hydrogen-bond acceptors (Lipinski definition) is 8. The maximum Gasteiger partial charge on any atom is 0.318 e. The number of nitrogens with zero attached hydrogens (tertiary/aromatic N) is 6. The summed E-state index contributed by atoms with van der Waals surface area (Å²) in [5.74, 6) is 0.768. The van der Waals surface area contributed by atoms with Crippen LogP contribution in [0.15, 0.2) is 30.3 Å². The normalized spacial score (nSPS) is 21.8. The Morgan fingerprint density at radius 3 is 2.76 bits per heavy atom. The van der Waals surface area contributed by atoms with Gasteiger partial charge < -0.3 is 24.8 Å². The molecule has 1 aliphatic carbocycles. The van der Waals surface area contributed by atoms with E-state index in [2.05, 4.69) is 38.2 Å². The third-order valence-electron chi connectivity index (χ3n) is 9.70. The van der Waals surface area contributed by atoms with E-state index in [1.807, 2.05) is 19.1 Å². The van der Waals surface area contributed by atoms with Crippen LogP contribution in [0.4, 0.5) is 15.9 Å².